The molecule has 2 aromatic rings. The predicted octanol–water partition coefficient (Wildman–Crippen LogP) is 3.35. The number of halogens is 1. The van der Waals surface area contributed by atoms with Crippen molar-refractivity contribution < 1.29 is 27.1 Å². The lowest BCUT2D eigenvalue weighted by Crippen LogP contribution is -2.35. The van der Waals surface area contributed by atoms with Gasteiger partial charge in [-0.15, -0.1) is 0 Å². The first-order chi connectivity index (χ1) is 13.8. The lowest BCUT2D eigenvalue weighted by Gasteiger charge is -2.26. The molecule has 1 fully saturated rings. The maximum absolute atomic E-state index is 13.2. The van der Waals surface area contributed by atoms with Gasteiger partial charge in [0.05, 0.1) is 10.5 Å². The first kappa shape index (κ1) is 21.1. The summed E-state index contributed by atoms with van der Waals surface area (Å²) < 4.78 is 45.4. The third-order valence-electron chi connectivity index (χ3n) is 4.86. The number of ether oxygens (including phenoxy) is 1. The summed E-state index contributed by atoms with van der Waals surface area (Å²) in [7, 11) is -3.70. The van der Waals surface area contributed by atoms with E-state index in [0.717, 1.165) is 25.3 Å². The highest BCUT2D eigenvalue weighted by Crippen LogP contribution is 2.23. The fourth-order valence-electron chi connectivity index (χ4n) is 3.19. The van der Waals surface area contributed by atoms with Gasteiger partial charge in [0.2, 0.25) is 10.0 Å². The summed E-state index contributed by atoms with van der Waals surface area (Å²) in [5.41, 5.74) is 0.705. The summed E-state index contributed by atoms with van der Waals surface area (Å²) in [6, 6.07) is 9.39. The number of carbonyl (C=O) groups excluding carboxylic acids is 2. The van der Waals surface area contributed by atoms with E-state index in [-0.39, 0.29) is 16.0 Å². The van der Waals surface area contributed by atoms with Crippen molar-refractivity contribution >= 4 is 21.8 Å². The van der Waals surface area contributed by atoms with Crippen LogP contribution in [-0.2, 0) is 14.8 Å². The topological polar surface area (TPSA) is 80.8 Å². The second-order valence-corrected chi connectivity index (χ2v) is 8.89. The molecule has 0 saturated carbocycles. The summed E-state index contributed by atoms with van der Waals surface area (Å²) in [5.74, 6) is -1.91. The zero-order valence-corrected chi connectivity index (χ0v) is 16.9. The molecule has 0 spiro atoms. The summed E-state index contributed by atoms with van der Waals surface area (Å²) in [6.45, 7) is 2.00. The normalized spacial score (nSPS) is 15.1. The lowest BCUT2D eigenvalue weighted by molar-refractivity contribution is 0.0473. The molecule has 0 aromatic heterocycles. The molecule has 29 heavy (non-hydrogen) atoms. The minimum absolute atomic E-state index is 0.0217. The Balaban J connectivity index is 1.75. The Labute approximate surface area is 169 Å². The Hall–Kier alpha value is -2.58. The van der Waals surface area contributed by atoms with Crippen LogP contribution in [0.2, 0.25) is 0 Å². The van der Waals surface area contributed by atoms with E-state index in [1.807, 2.05) is 0 Å². The molecular formula is C21H22FNO5S. The lowest BCUT2D eigenvalue weighted by atomic mass is 10.1. The van der Waals surface area contributed by atoms with Gasteiger partial charge >= 0.3 is 5.97 Å². The molecule has 0 radical (unpaired) electrons. The van der Waals surface area contributed by atoms with Crippen molar-refractivity contribution in [2.24, 2.45) is 0 Å². The third kappa shape index (κ3) is 4.89. The number of piperidine rings is 1. The highest BCUT2D eigenvalue weighted by atomic mass is 32.2. The highest BCUT2D eigenvalue weighted by Gasteiger charge is 2.27. The number of benzene rings is 2. The zero-order chi connectivity index (χ0) is 21.0. The zero-order valence-electron chi connectivity index (χ0n) is 16.1. The van der Waals surface area contributed by atoms with E-state index in [2.05, 4.69) is 0 Å². The number of aryl methyl sites for hydroxylation is 1. The van der Waals surface area contributed by atoms with E-state index in [1.54, 1.807) is 13.0 Å². The quantitative estimate of drug-likeness (QED) is 0.530. The molecule has 0 bridgehead atoms. The standard InChI is InChI=1S/C21H22FNO5S/c1-15-8-9-18(29(26,27)23-10-3-2-4-11-23)13-19(15)21(25)28-14-20(24)16-6-5-7-17(22)12-16/h5-9,12-13H,2-4,10-11,14H2,1H3. The molecule has 8 heteroatoms. The Morgan fingerprint density at radius 2 is 1.79 bits per heavy atom. The monoisotopic (exact) mass is 419 g/mol. The van der Waals surface area contributed by atoms with Gasteiger partial charge in [0.1, 0.15) is 5.82 Å². The van der Waals surface area contributed by atoms with Crippen LogP contribution in [0.15, 0.2) is 47.4 Å². The second-order valence-electron chi connectivity index (χ2n) is 6.95. The van der Waals surface area contributed by atoms with Gasteiger partial charge in [-0.2, -0.15) is 4.31 Å². The number of hydrogen-bond donors (Lipinski definition) is 0. The van der Waals surface area contributed by atoms with Gasteiger partial charge in [0.15, 0.2) is 12.4 Å². The molecule has 0 atom stereocenters. The van der Waals surface area contributed by atoms with Gasteiger partial charge in [-0.25, -0.2) is 17.6 Å². The fourth-order valence-corrected chi connectivity index (χ4v) is 4.73. The SMILES string of the molecule is Cc1ccc(S(=O)(=O)N2CCCCC2)cc1C(=O)OCC(=O)c1cccc(F)c1. The van der Waals surface area contributed by atoms with Crippen LogP contribution in [-0.4, -0.2) is 44.2 Å². The van der Waals surface area contributed by atoms with E-state index in [1.165, 1.54) is 34.6 Å². The van der Waals surface area contributed by atoms with E-state index < -0.39 is 34.2 Å². The second kappa shape index (κ2) is 8.84. The number of hydrogen-bond acceptors (Lipinski definition) is 5. The van der Waals surface area contributed by atoms with Crippen molar-refractivity contribution in [3.05, 3.63) is 65.0 Å². The molecule has 1 aliphatic heterocycles. The molecule has 3 rings (SSSR count). The van der Waals surface area contributed by atoms with Crippen LogP contribution in [0.3, 0.4) is 0 Å². The van der Waals surface area contributed by atoms with Crippen molar-refractivity contribution in [3.8, 4) is 0 Å². The predicted molar refractivity (Wildman–Crippen MR) is 105 cm³/mol. The summed E-state index contributed by atoms with van der Waals surface area (Å²) >= 11 is 0. The smallest absolute Gasteiger partial charge is 0.338 e. The van der Waals surface area contributed by atoms with Crippen LogP contribution >= 0.6 is 0 Å². The van der Waals surface area contributed by atoms with Gasteiger partial charge in [0, 0.05) is 18.7 Å². The van der Waals surface area contributed by atoms with Crippen molar-refractivity contribution in [1.82, 2.24) is 4.31 Å². The van der Waals surface area contributed by atoms with E-state index in [0.29, 0.717) is 18.7 Å². The number of esters is 1. The highest BCUT2D eigenvalue weighted by molar-refractivity contribution is 7.89. The van der Waals surface area contributed by atoms with Crippen LogP contribution in [0.25, 0.3) is 0 Å². The molecule has 2 aromatic carbocycles. The number of ketones is 1. The summed E-state index contributed by atoms with van der Waals surface area (Å²) in [6.07, 6.45) is 2.61. The number of nitrogens with zero attached hydrogens (tertiary/aromatic N) is 1. The molecule has 1 aliphatic rings. The van der Waals surface area contributed by atoms with Crippen LogP contribution in [0.4, 0.5) is 4.39 Å². The van der Waals surface area contributed by atoms with E-state index >= 15 is 0 Å². The van der Waals surface area contributed by atoms with Gasteiger partial charge in [0.25, 0.3) is 0 Å². The maximum Gasteiger partial charge on any atom is 0.338 e. The third-order valence-corrected chi connectivity index (χ3v) is 6.76. The minimum atomic E-state index is -3.70. The van der Waals surface area contributed by atoms with Crippen molar-refractivity contribution in [2.45, 2.75) is 31.1 Å². The number of carbonyl (C=O) groups is 2. The van der Waals surface area contributed by atoms with Crippen LogP contribution in [0.1, 0.15) is 45.5 Å². The van der Waals surface area contributed by atoms with Crippen molar-refractivity contribution in [2.75, 3.05) is 19.7 Å². The molecule has 0 unspecified atom stereocenters. The number of sulfonamides is 1. The first-order valence-corrected chi connectivity index (χ1v) is 10.8. The van der Waals surface area contributed by atoms with Gasteiger partial charge in [-0.05, 0) is 49.6 Å². The van der Waals surface area contributed by atoms with Crippen LogP contribution in [0.5, 0.6) is 0 Å². The molecule has 6 nitrogen and oxygen atoms in total. The summed E-state index contributed by atoms with van der Waals surface area (Å²) in [5, 5.41) is 0. The molecule has 154 valence electrons. The Kier molecular flexibility index (Phi) is 6.44. The van der Waals surface area contributed by atoms with Gasteiger partial charge in [-0.1, -0.05) is 24.6 Å². The summed E-state index contributed by atoms with van der Waals surface area (Å²) in [4.78, 5) is 24.6. The largest absolute Gasteiger partial charge is 0.454 e. The van der Waals surface area contributed by atoms with E-state index in [9.17, 15) is 22.4 Å². The Morgan fingerprint density at radius 1 is 1.07 bits per heavy atom. The molecular weight excluding hydrogens is 397 g/mol. The number of rotatable bonds is 6. The van der Waals surface area contributed by atoms with Crippen LogP contribution in [0, 0.1) is 12.7 Å². The molecule has 0 aliphatic carbocycles. The first-order valence-electron chi connectivity index (χ1n) is 9.36. The molecule has 0 N–H and O–H groups in total. The molecule has 1 heterocycles. The van der Waals surface area contributed by atoms with Crippen molar-refractivity contribution in [1.29, 1.82) is 0 Å². The Bertz CT molecular complexity index is 1030. The van der Waals surface area contributed by atoms with Crippen LogP contribution < -0.4 is 0 Å². The minimum Gasteiger partial charge on any atom is -0.454 e. The Morgan fingerprint density at radius 3 is 2.48 bits per heavy atom. The average molecular weight is 419 g/mol. The van der Waals surface area contributed by atoms with Crippen molar-refractivity contribution in [3.63, 3.8) is 0 Å². The number of Topliss-reactive ketones (excluding diaryl/α,β-unsaturated/α-hetero) is 1. The maximum atomic E-state index is 13.2. The van der Waals surface area contributed by atoms with E-state index in [4.69, 9.17) is 4.74 Å². The average Bonchev–Trinajstić information content (AvgIpc) is 2.72. The molecule has 1 saturated heterocycles. The molecule has 0 amide bonds. The van der Waals surface area contributed by atoms with Gasteiger partial charge < -0.3 is 4.74 Å². The van der Waals surface area contributed by atoms with Gasteiger partial charge in [-0.3, -0.25) is 4.79 Å². The fraction of sp³-hybridized carbons (Fsp3) is 0.333.